The lowest BCUT2D eigenvalue weighted by atomic mass is 9.86. The maximum atomic E-state index is 12.5. The van der Waals surface area contributed by atoms with Gasteiger partial charge >= 0.3 is 0 Å². The van der Waals surface area contributed by atoms with Crippen LogP contribution in [0.15, 0.2) is 24.3 Å². The normalized spacial score (nSPS) is 23.3. The van der Waals surface area contributed by atoms with Crippen molar-refractivity contribution in [1.82, 2.24) is 5.32 Å². The second-order valence-electron chi connectivity index (χ2n) is 8.17. The Bertz CT molecular complexity index is 646. The van der Waals surface area contributed by atoms with Crippen LogP contribution < -0.4 is 5.32 Å². The molecule has 2 fully saturated rings. The van der Waals surface area contributed by atoms with Crippen LogP contribution in [0.25, 0.3) is 0 Å². The van der Waals surface area contributed by atoms with Crippen LogP contribution in [0.4, 0.5) is 0 Å². The third-order valence-electron chi connectivity index (χ3n) is 5.52. The molecule has 1 aliphatic heterocycles. The number of ether oxygens (including phenoxy) is 1. The molecule has 0 unspecified atom stereocenters. The molecule has 1 N–H and O–H groups in total. The highest BCUT2D eigenvalue weighted by atomic mass is 16.5. The summed E-state index contributed by atoms with van der Waals surface area (Å²) in [5.41, 5.74) is 2.28. The van der Waals surface area contributed by atoms with Gasteiger partial charge in [-0.1, -0.05) is 45.0 Å². The first-order chi connectivity index (χ1) is 11.4. The van der Waals surface area contributed by atoms with Crippen LogP contribution >= 0.6 is 0 Å². The third-order valence-corrected chi connectivity index (χ3v) is 5.52. The molecule has 2 atom stereocenters. The van der Waals surface area contributed by atoms with Gasteiger partial charge in [0, 0.05) is 19.1 Å². The molecule has 1 aromatic rings. The SMILES string of the molecule is CC(C)(C)c1ccc([C@H](C#N)NC(=O)[C@@H]2CC23CCOCC3)cc1. The monoisotopic (exact) mass is 326 g/mol. The number of nitrogens with one attached hydrogen (secondary N) is 1. The molecular weight excluding hydrogens is 300 g/mol. The van der Waals surface area contributed by atoms with E-state index in [0.717, 1.165) is 38.0 Å². The highest BCUT2D eigenvalue weighted by molar-refractivity contribution is 5.83. The Morgan fingerprint density at radius 1 is 1.29 bits per heavy atom. The van der Waals surface area contributed by atoms with Gasteiger partial charge in [-0.3, -0.25) is 4.79 Å². The van der Waals surface area contributed by atoms with Crippen molar-refractivity contribution in [2.45, 2.75) is 51.5 Å². The van der Waals surface area contributed by atoms with Crippen molar-refractivity contribution in [2.24, 2.45) is 11.3 Å². The number of amides is 1. The van der Waals surface area contributed by atoms with E-state index in [0.29, 0.717) is 0 Å². The number of hydrogen-bond acceptors (Lipinski definition) is 3. The lowest BCUT2D eigenvalue weighted by Gasteiger charge is -2.23. The number of nitriles is 1. The van der Waals surface area contributed by atoms with Crippen molar-refractivity contribution >= 4 is 5.91 Å². The first-order valence-electron chi connectivity index (χ1n) is 8.74. The van der Waals surface area contributed by atoms with Crippen LogP contribution in [0.2, 0.25) is 0 Å². The summed E-state index contributed by atoms with van der Waals surface area (Å²) in [6, 6.07) is 9.63. The van der Waals surface area contributed by atoms with E-state index in [-0.39, 0.29) is 22.7 Å². The predicted molar refractivity (Wildman–Crippen MR) is 92.2 cm³/mol. The molecular formula is C20H26N2O2. The summed E-state index contributed by atoms with van der Waals surface area (Å²) in [7, 11) is 0. The largest absolute Gasteiger partial charge is 0.381 e. The Balaban J connectivity index is 1.65. The van der Waals surface area contributed by atoms with E-state index in [1.54, 1.807) is 0 Å². The molecule has 0 radical (unpaired) electrons. The van der Waals surface area contributed by atoms with E-state index in [2.05, 4.69) is 32.2 Å². The minimum Gasteiger partial charge on any atom is -0.381 e. The van der Waals surface area contributed by atoms with Crippen molar-refractivity contribution in [1.29, 1.82) is 5.26 Å². The van der Waals surface area contributed by atoms with Crippen LogP contribution in [0.3, 0.4) is 0 Å². The summed E-state index contributed by atoms with van der Waals surface area (Å²) in [5, 5.41) is 12.4. The zero-order valence-corrected chi connectivity index (χ0v) is 14.8. The summed E-state index contributed by atoms with van der Waals surface area (Å²) < 4.78 is 5.40. The second kappa shape index (κ2) is 6.22. The molecule has 1 spiro atoms. The Morgan fingerprint density at radius 2 is 1.92 bits per heavy atom. The highest BCUT2D eigenvalue weighted by Crippen LogP contribution is 2.59. The Hall–Kier alpha value is -1.86. The van der Waals surface area contributed by atoms with E-state index in [1.807, 2.05) is 24.3 Å². The fourth-order valence-corrected chi connectivity index (χ4v) is 3.66. The smallest absolute Gasteiger partial charge is 0.224 e. The fraction of sp³-hybridized carbons (Fsp3) is 0.600. The Morgan fingerprint density at radius 3 is 2.46 bits per heavy atom. The minimum absolute atomic E-state index is 0.0170. The highest BCUT2D eigenvalue weighted by Gasteiger charge is 2.58. The summed E-state index contributed by atoms with van der Waals surface area (Å²) in [6.07, 6.45) is 2.86. The molecule has 1 aliphatic carbocycles. The van der Waals surface area contributed by atoms with Gasteiger partial charge in [0.2, 0.25) is 5.91 Å². The molecule has 1 saturated heterocycles. The zero-order valence-electron chi connectivity index (χ0n) is 14.8. The number of carbonyl (C=O) groups excluding carboxylic acids is 1. The summed E-state index contributed by atoms with van der Waals surface area (Å²) in [4.78, 5) is 12.5. The zero-order chi connectivity index (χ0) is 17.4. The standard InChI is InChI=1S/C20H26N2O2/c1-19(2,3)15-6-4-14(5-7-15)17(13-21)22-18(23)16-12-20(16)8-10-24-11-9-20/h4-7,16-17H,8-12H2,1-3H3,(H,22,23)/t16-,17-/m0/s1. The van der Waals surface area contributed by atoms with Crippen LogP contribution in [0.5, 0.6) is 0 Å². The van der Waals surface area contributed by atoms with Gasteiger partial charge in [-0.05, 0) is 41.2 Å². The number of hydrogen-bond donors (Lipinski definition) is 1. The van der Waals surface area contributed by atoms with Gasteiger partial charge in [0.15, 0.2) is 0 Å². The average molecular weight is 326 g/mol. The number of carbonyl (C=O) groups is 1. The van der Waals surface area contributed by atoms with Crippen LogP contribution in [-0.2, 0) is 14.9 Å². The molecule has 3 rings (SSSR count). The van der Waals surface area contributed by atoms with Gasteiger partial charge in [0.05, 0.1) is 6.07 Å². The van der Waals surface area contributed by atoms with Crippen molar-refractivity contribution in [3.05, 3.63) is 35.4 Å². The van der Waals surface area contributed by atoms with E-state index in [9.17, 15) is 10.1 Å². The van der Waals surface area contributed by atoms with Crippen LogP contribution in [0.1, 0.15) is 57.2 Å². The third kappa shape index (κ3) is 3.32. The number of nitrogens with zero attached hydrogens (tertiary/aromatic N) is 1. The second-order valence-corrected chi connectivity index (χ2v) is 8.17. The summed E-state index contributed by atoms with van der Waals surface area (Å²) in [6.45, 7) is 7.98. The van der Waals surface area contributed by atoms with Crippen molar-refractivity contribution in [2.75, 3.05) is 13.2 Å². The molecule has 1 heterocycles. The molecule has 1 amide bonds. The van der Waals surface area contributed by atoms with Gasteiger partial charge in [0.25, 0.3) is 0 Å². The van der Waals surface area contributed by atoms with Gasteiger partial charge in [-0.2, -0.15) is 5.26 Å². The Kier molecular flexibility index (Phi) is 4.40. The first-order valence-corrected chi connectivity index (χ1v) is 8.74. The van der Waals surface area contributed by atoms with Gasteiger partial charge < -0.3 is 10.1 Å². The average Bonchev–Trinajstić information content (AvgIpc) is 3.25. The molecule has 0 bridgehead atoms. The topological polar surface area (TPSA) is 62.1 Å². The maximum absolute atomic E-state index is 12.5. The number of rotatable bonds is 3. The molecule has 128 valence electrons. The number of benzene rings is 1. The fourth-order valence-electron chi connectivity index (χ4n) is 3.66. The van der Waals surface area contributed by atoms with E-state index in [1.165, 1.54) is 5.56 Å². The molecule has 1 aromatic carbocycles. The van der Waals surface area contributed by atoms with E-state index >= 15 is 0 Å². The maximum Gasteiger partial charge on any atom is 0.224 e. The van der Waals surface area contributed by atoms with Crippen molar-refractivity contribution < 1.29 is 9.53 Å². The van der Waals surface area contributed by atoms with Gasteiger partial charge in [0.1, 0.15) is 6.04 Å². The molecule has 24 heavy (non-hydrogen) atoms. The molecule has 2 aliphatic rings. The quantitative estimate of drug-likeness (QED) is 0.925. The van der Waals surface area contributed by atoms with E-state index < -0.39 is 6.04 Å². The van der Waals surface area contributed by atoms with Crippen LogP contribution in [-0.4, -0.2) is 19.1 Å². The molecule has 4 nitrogen and oxygen atoms in total. The van der Waals surface area contributed by atoms with Gasteiger partial charge in [-0.25, -0.2) is 0 Å². The van der Waals surface area contributed by atoms with E-state index in [4.69, 9.17) is 4.74 Å². The van der Waals surface area contributed by atoms with Crippen molar-refractivity contribution in [3.8, 4) is 6.07 Å². The molecule has 0 aromatic heterocycles. The molecule has 1 saturated carbocycles. The Labute approximate surface area is 144 Å². The minimum atomic E-state index is -0.580. The lowest BCUT2D eigenvalue weighted by molar-refractivity contribution is -0.124. The summed E-state index contributed by atoms with van der Waals surface area (Å²) in [5.74, 6) is 0.0643. The molecule has 4 heteroatoms. The van der Waals surface area contributed by atoms with Crippen LogP contribution in [0, 0.1) is 22.7 Å². The summed E-state index contributed by atoms with van der Waals surface area (Å²) >= 11 is 0. The predicted octanol–water partition coefficient (Wildman–Crippen LogP) is 3.48. The lowest BCUT2D eigenvalue weighted by Crippen LogP contribution is -2.32. The van der Waals surface area contributed by atoms with Crippen molar-refractivity contribution in [3.63, 3.8) is 0 Å². The van der Waals surface area contributed by atoms with Gasteiger partial charge in [-0.15, -0.1) is 0 Å². The first kappa shape index (κ1) is 17.0.